The maximum absolute atomic E-state index is 13.8. The van der Waals surface area contributed by atoms with Gasteiger partial charge in [-0.3, -0.25) is 23.7 Å². The fourth-order valence-electron chi connectivity index (χ4n) is 3.70. The third-order valence-corrected chi connectivity index (χ3v) is 6.43. The second-order valence-electron chi connectivity index (χ2n) is 8.43. The summed E-state index contributed by atoms with van der Waals surface area (Å²) >= 11 is 0. The molecule has 0 N–H and O–H groups in total. The van der Waals surface area contributed by atoms with Crippen LogP contribution in [0.4, 0.5) is 0 Å². The number of rotatable bonds is 11. The number of carbonyl (C=O) groups is 4. The van der Waals surface area contributed by atoms with Crippen molar-refractivity contribution in [3.8, 4) is 11.5 Å². The van der Waals surface area contributed by atoms with E-state index < -0.39 is 69.0 Å². The van der Waals surface area contributed by atoms with E-state index in [2.05, 4.69) is 0 Å². The van der Waals surface area contributed by atoms with Gasteiger partial charge in [-0.15, -0.1) is 0 Å². The zero-order valence-corrected chi connectivity index (χ0v) is 23.0. The first kappa shape index (κ1) is 30.6. The number of phosphoric ester groups is 1. The summed E-state index contributed by atoms with van der Waals surface area (Å²) in [5.41, 5.74) is 0. The lowest BCUT2D eigenvalue weighted by atomic mass is 9.98. The molecule has 0 aromatic heterocycles. The Labute approximate surface area is 230 Å². The number of phosphoric acid groups is 1. The number of esters is 4. The summed E-state index contributed by atoms with van der Waals surface area (Å²) in [5.74, 6) is -2.96. The minimum atomic E-state index is -4.44. The lowest BCUT2D eigenvalue weighted by Gasteiger charge is -2.43. The highest BCUT2D eigenvalue weighted by atomic mass is 31.2. The summed E-state index contributed by atoms with van der Waals surface area (Å²) in [7, 11) is -4.44. The predicted molar refractivity (Wildman–Crippen MR) is 135 cm³/mol. The number of ether oxygens (including phenoxy) is 5. The number of benzene rings is 2. The Morgan fingerprint density at radius 2 is 1.07 bits per heavy atom. The molecule has 1 heterocycles. The van der Waals surface area contributed by atoms with Crippen LogP contribution in [0.15, 0.2) is 60.7 Å². The molecule has 0 spiro atoms. The minimum Gasteiger partial charge on any atom is -0.456 e. The molecule has 40 heavy (non-hydrogen) atoms. The lowest BCUT2D eigenvalue weighted by Crippen LogP contribution is -2.63. The predicted octanol–water partition coefficient (Wildman–Crippen LogP) is 3.35. The second-order valence-corrected chi connectivity index (χ2v) is 9.94. The number of carbonyl (C=O) groups excluding carboxylic acids is 4. The molecule has 0 amide bonds. The van der Waals surface area contributed by atoms with Crippen LogP contribution in [0.5, 0.6) is 11.5 Å². The molecule has 0 radical (unpaired) electrons. The summed E-state index contributed by atoms with van der Waals surface area (Å²) in [5, 5.41) is 0. The SMILES string of the molecule is CC(=O)O[C@H]1O[C@H](COP(=O)(Oc2ccccc2)Oc2ccccc2)[C@@H](OC(C)=O)[C@H](OC(C)=O)[C@H]1OC(C)=O. The molecule has 1 aliphatic rings. The molecular weight excluding hydrogens is 551 g/mol. The first-order valence-electron chi connectivity index (χ1n) is 12.0. The van der Waals surface area contributed by atoms with Crippen LogP contribution in [0.2, 0.25) is 0 Å². The van der Waals surface area contributed by atoms with Crippen molar-refractivity contribution in [1.82, 2.24) is 0 Å². The summed E-state index contributed by atoms with van der Waals surface area (Å²) in [6.45, 7) is 3.67. The zero-order valence-electron chi connectivity index (χ0n) is 22.1. The van der Waals surface area contributed by atoms with Gasteiger partial charge in [-0.2, -0.15) is 0 Å². The summed E-state index contributed by atoms with van der Waals surface area (Å²) in [6.07, 6.45) is -7.47. The van der Waals surface area contributed by atoms with E-state index in [1.165, 1.54) is 24.3 Å². The van der Waals surface area contributed by atoms with Crippen molar-refractivity contribution >= 4 is 31.7 Å². The van der Waals surface area contributed by atoms with Gasteiger partial charge in [0, 0.05) is 27.7 Å². The summed E-state index contributed by atoms with van der Waals surface area (Å²) in [6, 6.07) is 16.1. The monoisotopic (exact) mass is 580 g/mol. The largest absolute Gasteiger partial charge is 0.587 e. The maximum atomic E-state index is 13.8. The van der Waals surface area contributed by atoms with E-state index in [1.807, 2.05) is 0 Å². The van der Waals surface area contributed by atoms with Gasteiger partial charge in [0.1, 0.15) is 17.6 Å². The third kappa shape index (κ3) is 9.08. The van der Waals surface area contributed by atoms with Crippen LogP contribution in [0.25, 0.3) is 0 Å². The smallest absolute Gasteiger partial charge is 0.456 e. The standard InChI is InChI=1S/C26H29O13P/c1-16(27)33-23-22(37-26(36-19(4)30)25(35-18(3)29)24(23)34-17(2)28)15-32-40(31,38-20-11-7-5-8-12-20)39-21-13-9-6-10-14-21/h5-14,22-26H,15H2,1-4H3/t22-,23-,24+,25-,26+/m1/s1. The highest BCUT2D eigenvalue weighted by Gasteiger charge is 2.54. The molecule has 0 unspecified atom stereocenters. The minimum absolute atomic E-state index is 0.161. The van der Waals surface area contributed by atoms with Crippen LogP contribution in [0.3, 0.4) is 0 Å². The Kier molecular flexibility index (Phi) is 10.7. The van der Waals surface area contributed by atoms with E-state index >= 15 is 0 Å². The molecule has 1 aliphatic heterocycles. The Bertz CT molecular complexity index is 1170. The topological polar surface area (TPSA) is 159 Å². The first-order valence-corrected chi connectivity index (χ1v) is 13.5. The molecule has 2 aromatic carbocycles. The molecule has 0 saturated carbocycles. The van der Waals surface area contributed by atoms with Crippen LogP contribution in [0, 0.1) is 0 Å². The first-order chi connectivity index (χ1) is 19.0. The van der Waals surface area contributed by atoms with Crippen LogP contribution in [-0.4, -0.2) is 61.2 Å². The number of hydrogen-bond donors (Lipinski definition) is 0. The van der Waals surface area contributed by atoms with E-state index in [4.69, 9.17) is 37.3 Å². The molecule has 13 nitrogen and oxygen atoms in total. The molecule has 2 aromatic rings. The van der Waals surface area contributed by atoms with Crippen LogP contribution in [-0.2, 0) is 52.0 Å². The highest BCUT2D eigenvalue weighted by Crippen LogP contribution is 2.50. The van der Waals surface area contributed by atoms with E-state index in [1.54, 1.807) is 36.4 Å². The van der Waals surface area contributed by atoms with Crippen molar-refractivity contribution in [3.05, 3.63) is 60.7 Å². The van der Waals surface area contributed by atoms with Gasteiger partial charge in [-0.1, -0.05) is 36.4 Å². The molecule has 0 aliphatic carbocycles. The van der Waals surface area contributed by atoms with Gasteiger partial charge in [0.15, 0.2) is 12.2 Å². The van der Waals surface area contributed by atoms with E-state index in [-0.39, 0.29) is 11.5 Å². The van der Waals surface area contributed by atoms with Crippen molar-refractivity contribution in [1.29, 1.82) is 0 Å². The quantitative estimate of drug-likeness (QED) is 0.217. The molecule has 1 saturated heterocycles. The van der Waals surface area contributed by atoms with Crippen molar-refractivity contribution in [3.63, 3.8) is 0 Å². The van der Waals surface area contributed by atoms with Crippen molar-refractivity contribution < 1.29 is 61.0 Å². The highest BCUT2D eigenvalue weighted by molar-refractivity contribution is 7.49. The molecular formula is C26H29O13P. The van der Waals surface area contributed by atoms with Crippen LogP contribution < -0.4 is 9.05 Å². The van der Waals surface area contributed by atoms with Gasteiger partial charge < -0.3 is 32.7 Å². The Hall–Kier alpha value is -3.93. The van der Waals surface area contributed by atoms with Crippen LogP contribution >= 0.6 is 7.82 Å². The third-order valence-electron chi connectivity index (χ3n) is 5.10. The molecule has 5 atom stereocenters. The van der Waals surface area contributed by atoms with Crippen molar-refractivity contribution in [2.24, 2.45) is 0 Å². The van der Waals surface area contributed by atoms with Gasteiger partial charge in [0.25, 0.3) is 0 Å². The maximum Gasteiger partial charge on any atom is 0.587 e. The molecule has 216 valence electrons. The normalized spacial score (nSPS) is 22.4. The second kappa shape index (κ2) is 13.9. The Morgan fingerprint density at radius 1 is 0.650 bits per heavy atom. The average molecular weight is 580 g/mol. The Morgan fingerprint density at radius 3 is 1.52 bits per heavy atom. The summed E-state index contributed by atoms with van der Waals surface area (Å²) in [4.78, 5) is 47.6. The number of para-hydroxylation sites is 2. The fraction of sp³-hybridized carbons (Fsp3) is 0.385. The average Bonchev–Trinajstić information content (AvgIpc) is 2.86. The fourth-order valence-corrected chi connectivity index (χ4v) is 4.94. The van der Waals surface area contributed by atoms with Gasteiger partial charge in [-0.25, -0.2) is 4.57 Å². The van der Waals surface area contributed by atoms with Crippen LogP contribution in [0.1, 0.15) is 27.7 Å². The zero-order chi connectivity index (χ0) is 29.3. The number of hydrogen-bond acceptors (Lipinski definition) is 13. The van der Waals surface area contributed by atoms with E-state index in [0.717, 1.165) is 27.7 Å². The van der Waals surface area contributed by atoms with Gasteiger partial charge in [0.2, 0.25) is 12.4 Å². The molecule has 14 heteroatoms. The molecule has 3 rings (SSSR count). The van der Waals surface area contributed by atoms with Crippen molar-refractivity contribution in [2.75, 3.05) is 6.61 Å². The molecule has 1 fully saturated rings. The van der Waals surface area contributed by atoms with Gasteiger partial charge in [-0.05, 0) is 24.3 Å². The summed E-state index contributed by atoms with van der Waals surface area (Å²) < 4.78 is 57.4. The van der Waals surface area contributed by atoms with E-state index in [0.29, 0.717) is 0 Å². The molecule has 0 bridgehead atoms. The van der Waals surface area contributed by atoms with Gasteiger partial charge in [0.05, 0.1) is 6.61 Å². The van der Waals surface area contributed by atoms with E-state index in [9.17, 15) is 23.7 Å². The van der Waals surface area contributed by atoms with Gasteiger partial charge >= 0.3 is 31.7 Å². The lowest BCUT2D eigenvalue weighted by molar-refractivity contribution is -0.298. The van der Waals surface area contributed by atoms with Crippen molar-refractivity contribution in [2.45, 2.75) is 58.4 Å². The Balaban J connectivity index is 1.95.